The molecule has 0 aromatic carbocycles. The van der Waals surface area contributed by atoms with E-state index in [2.05, 4.69) is 67.3 Å². The SMILES string of the molecule is C=C/C=C(\C(Cl)CC(=C)CC)C1(C(=O)N[C@@H](CC/C=C\C(Br)CCC)C(=O)N2CCC[C@H]2C)CC1. The van der Waals surface area contributed by atoms with Gasteiger partial charge in [0.15, 0.2) is 0 Å². The molecule has 0 aromatic rings. The molecule has 1 heterocycles. The highest BCUT2D eigenvalue weighted by Gasteiger charge is 2.54. The zero-order chi connectivity index (χ0) is 26.0. The standard InChI is InChI=1S/C29H44BrClN2O2/c1-6-12-23(30)15-9-10-16-26(27(34)33-19-11-14-22(33)5)32-28(35)29(17-18-29)24(13-7-2)25(31)20-21(4)8-3/h7,9,13,15,22-23,25-26H,2,4,6,8,10-12,14,16-20H2,1,3,5H3,(H,32,35)/b15-9-,24-13+/t22-,23?,25?,26+/m1/s1. The van der Waals surface area contributed by atoms with Crippen LogP contribution in [0.5, 0.6) is 0 Å². The number of hydrogen-bond acceptors (Lipinski definition) is 2. The summed E-state index contributed by atoms with van der Waals surface area (Å²) in [7, 11) is 0. The van der Waals surface area contributed by atoms with E-state index in [1.807, 2.05) is 11.0 Å². The van der Waals surface area contributed by atoms with Gasteiger partial charge >= 0.3 is 0 Å². The van der Waals surface area contributed by atoms with Crippen molar-refractivity contribution in [2.45, 2.75) is 107 Å². The molecule has 196 valence electrons. The van der Waals surface area contributed by atoms with Gasteiger partial charge in [-0.1, -0.05) is 79.2 Å². The molecule has 1 saturated heterocycles. The van der Waals surface area contributed by atoms with Crippen LogP contribution >= 0.6 is 27.5 Å². The molecule has 35 heavy (non-hydrogen) atoms. The first-order valence-corrected chi connectivity index (χ1v) is 14.6. The van der Waals surface area contributed by atoms with Crippen LogP contribution in [0.4, 0.5) is 0 Å². The third kappa shape index (κ3) is 8.35. The van der Waals surface area contributed by atoms with Crippen LogP contribution in [0.1, 0.15) is 85.0 Å². The van der Waals surface area contributed by atoms with E-state index in [1.165, 1.54) is 0 Å². The molecule has 0 radical (unpaired) electrons. The number of nitrogens with one attached hydrogen (secondary N) is 1. The predicted octanol–water partition coefficient (Wildman–Crippen LogP) is 7.24. The van der Waals surface area contributed by atoms with Gasteiger partial charge in [-0.15, -0.1) is 11.6 Å². The topological polar surface area (TPSA) is 49.4 Å². The van der Waals surface area contributed by atoms with Gasteiger partial charge in [0, 0.05) is 17.4 Å². The lowest BCUT2D eigenvalue weighted by Crippen LogP contribution is -2.51. The second-order valence-corrected chi connectivity index (χ2v) is 11.8. The highest BCUT2D eigenvalue weighted by molar-refractivity contribution is 9.09. The molecule has 1 aliphatic heterocycles. The minimum absolute atomic E-state index is 0.0348. The number of allylic oxidation sites excluding steroid dienone is 5. The molecule has 2 amide bonds. The molecule has 4 atom stereocenters. The van der Waals surface area contributed by atoms with Crippen LogP contribution in [0, 0.1) is 5.41 Å². The van der Waals surface area contributed by atoms with Crippen molar-refractivity contribution >= 4 is 39.3 Å². The Morgan fingerprint density at radius 3 is 2.54 bits per heavy atom. The number of likely N-dealkylation sites (tertiary alicyclic amines) is 1. The largest absolute Gasteiger partial charge is 0.344 e. The fourth-order valence-electron chi connectivity index (χ4n) is 4.86. The third-order valence-corrected chi connectivity index (χ3v) is 8.46. The molecule has 2 aliphatic rings. The van der Waals surface area contributed by atoms with Gasteiger partial charge in [0.1, 0.15) is 6.04 Å². The quantitative estimate of drug-likeness (QED) is 0.129. The van der Waals surface area contributed by atoms with Crippen molar-refractivity contribution in [3.63, 3.8) is 0 Å². The summed E-state index contributed by atoms with van der Waals surface area (Å²) in [5.74, 6) is -0.0515. The van der Waals surface area contributed by atoms with Crippen LogP contribution in [-0.4, -0.2) is 45.5 Å². The van der Waals surface area contributed by atoms with E-state index in [-0.39, 0.29) is 23.2 Å². The maximum atomic E-state index is 13.7. The van der Waals surface area contributed by atoms with Crippen molar-refractivity contribution in [3.05, 3.63) is 48.6 Å². The average molecular weight is 568 g/mol. The maximum Gasteiger partial charge on any atom is 0.245 e. The number of carbonyl (C=O) groups is 2. The number of rotatable bonds is 15. The van der Waals surface area contributed by atoms with Gasteiger partial charge in [-0.05, 0) is 70.3 Å². The van der Waals surface area contributed by atoms with Gasteiger partial charge in [-0.2, -0.15) is 0 Å². The summed E-state index contributed by atoms with van der Waals surface area (Å²) in [4.78, 5) is 29.5. The third-order valence-electron chi connectivity index (χ3n) is 7.31. The molecule has 0 bridgehead atoms. The van der Waals surface area contributed by atoms with Crippen LogP contribution in [0.15, 0.2) is 48.6 Å². The summed E-state index contributed by atoms with van der Waals surface area (Å²) in [6.07, 6.45) is 16.4. The number of hydrogen-bond donors (Lipinski definition) is 1. The Labute approximate surface area is 226 Å². The molecule has 1 saturated carbocycles. The monoisotopic (exact) mass is 566 g/mol. The molecule has 0 aromatic heterocycles. The molecular weight excluding hydrogens is 524 g/mol. The maximum absolute atomic E-state index is 13.7. The second kappa shape index (κ2) is 14.4. The number of carbonyl (C=O) groups excluding carboxylic acids is 2. The second-order valence-electron chi connectivity index (χ2n) is 10.1. The summed E-state index contributed by atoms with van der Waals surface area (Å²) in [6, 6.07) is -0.318. The molecule has 0 spiro atoms. The smallest absolute Gasteiger partial charge is 0.245 e. The number of alkyl halides is 2. The predicted molar refractivity (Wildman–Crippen MR) is 152 cm³/mol. The fraction of sp³-hybridized carbons (Fsp3) is 0.655. The van der Waals surface area contributed by atoms with E-state index in [1.54, 1.807) is 6.08 Å². The lowest BCUT2D eigenvalue weighted by molar-refractivity contribution is -0.138. The molecule has 1 aliphatic carbocycles. The van der Waals surface area contributed by atoms with Crippen LogP contribution in [0.2, 0.25) is 0 Å². The van der Waals surface area contributed by atoms with Gasteiger partial charge in [-0.3, -0.25) is 9.59 Å². The highest BCUT2D eigenvalue weighted by Crippen LogP contribution is 2.55. The van der Waals surface area contributed by atoms with Gasteiger partial charge in [0.25, 0.3) is 0 Å². The number of nitrogens with zero attached hydrogens (tertiary/aromatic N) is 1. The molecule has 6 heteroatoms. The van der Waals surface area contributed by atoms with E-state index in [0.29, 0.717) is 17.7 Å². The summed E-state index contributed by atoms with van der Waals surface area (Å²) in [5.41, 5.74) is 1.30. The number of amides is 2. The molecule has 4 nitrogen and oxygen atoms in total. The first kappa shape index (κ1) is 29.9. The lowest BCUT2D eigenvalue weighted by Gasteiger charge is -2.30. The normalized spacial score (nSPS) is 22.0. The van der Waals surface area contributed by atoms with Gasteiger partial charge in [0.2, 0.25) is 11.8 Å². The number of halogens is 2. The Kier molecular flexibility index (Phi) is 12.3. The molecule has 2 fully saturated rings. The van der Waals surface area contributed by atoms with E-state index in [0.717, 1.165) is 69.1 Å². The van der Waals surface area contributed by atoms with E-state index in [4.69, 9.17) is 11.6 Å². The van der Waals surface area contributed by atoms with Crippen molar-refractivity contribution in [2.75, 3.05) is 6.54 Å². The summed E-state index contributed by atoms with van der Waals surface area (Å²) in [5, 5.41) is 2.85. The lowest BCUT2D eigenvalue weighted by atomic mass is 9.88. The summed E-state index contributed by atoms with van der Waals surface area (Å²) in [6.45, 7) is 15.0. The minimum atomic E-state index is -0.651. The Morgan fingerprint density at radius 1 is 1.29 bits per heavy atom. The van der Waals surface area contributed by atoms with Gasteiger partial charge < -0.3 is 10.2 Å². The van der Waals surface area contributed by atoms with Crippen molar-refractivity contribution < 1.29 is 9.59 Å². The zero-order valence-corrected chi connectivity index (χ0v) is 24.2. The van der Waals surface area contributed by atoms with Crippen LogP contribution in [0.25, 0.3) is 0 Å². The summed E-state index contributed by atoms with van der Waals surface area (Å²) < 4.78 is 0. The Hall–Kier alpha value is -1.33. The molecular formula is C29H44BrClN2O2. The Bertz CT molecular complexity index is 817. The van der Waals surface area contributed by atoms with Crippen molar-refractivity contribution in [1.82, 2.24) is 10.2 Å². The highest BCUT2D eigenvalue weighted by atomic mass is 79.9. The average Bonchev–Trinajstić information content (AvgIpc) is 3.52. The van der Waals surface area contributed by atoms with Crippen molar-refractivity contribution in [3.8, 4) is 0 Å². The Morgan fingerprint density at radius 2 is 2.00 bits per heavy atom. The summed E-state index contributed by atoms with van der Waals surface area (Å²) >= 11 is 10.5. The van der Waals surface area contributed by atoms with Gasteiger partial charge in [-0.25, -0.2) is 0 Å². The van der Waals surface area contributed by atoms with E-state index >= 15 is 0 Å². The van der Waals surface area contributed by atoms with Crippen LogP contribution in [-0.2, 0) is 9.59 Å². The van der Waals surface area contributed by atoms with Crippen molar-refractivity contribution in [1.29, 1.82) is 0 Å². The van der Waals surface area contributed by atoms with Crippen LogP contribution in [0.3, 0.4) is 0 Å². The molecule has 1 N–H and O–H groups in total. The molecule has 2 unspecified atom stereocenters. The molecule has 2 rings (SSSR count). The Balaban J connectivity index is 2.17. The van der Waals surface area contributed by atoms with E-state index in [9.17, 15) is 9.59 Å². The van der Waals surface area contributed by atoms with Crippen LogP contribution < -0.4 is 5.32 Å². The zero-order valence-electron chi connectivity index (χ0n) is 21.8. The van der Waals surface area contributed by atoms with Gasteiger partial charge in [0.05, 0.1) is 10.8 Å². The van der Waals surface area contributed by atoms with Crippen molar-refractivity contribution in [2.24, 2.45) is 5.41 Å². The first-order chi connectivity index (χ1) is 16.7. The minimum Gasteiger partial charge on any atom is -0.344 e. The van der Waals surface area contributed by atoms with E-state index < -0.39 is 11.5 Å². The first-order valence-electron chi connectivity index (χ1n) is 13.3. The fourth-order valence-corrected chi connectivity index (χ4v) is 6.04.